The molecule has 6 heteroatoms. The largest absolute Gasteiger partial charge is 0.370 e. The van der Waals surface area contributed by atoms with Crippen LogP contribution in [-0.2, 0) is 7.05 Å². The molecular formula is C16H28N6. The summed E-state index contributed by atoms with van der Waals surface area (Å²) in [7, 11) is 5.92. The molecule has 0 aromatic carbocycles. The predicted molar refractivity (Wildman–Crippen MR) is 88.6 cm³/mol. The topological polar surface area (TPSA) is 62.7 Å². The Bertz CT molecular complexity index is 530. The summed E-state index contributed by atoms with van der Waals surface area (Å²) < 4.78 is 2.03. The molecule has 1 saturated heterocycles. The van der Waals surface area contributed by atoms with Gasteiger partial charge in [0.15, 0.2) is 5.96 Å². The van der Waals surface area contributed by atoms with E-state index in [1.165, 1.54) is 37.9 Å². The Labute approximate surface area is 133 Å². The molecule has 2 N–H and O–H groups in total. The highest BCUT2D eigenvalue weighted by Crippen LogP contribution is 2.42. The van der Waals surface area contributed by atoms with E-state index in [2.05, 4.69) is 21.1 Å². The van der Waals surface area contributed by atoms with Crippen LogP contribution in [0.25, 0.3) is 0 Å². The Morgan fingerprint density at radius 3 is 2.77 bits per heavy atom. The van der Waals surface area contributed by atoms with Gasteiger partial charge >= 0.3 is 0 Å². The van der Waals surface area contributed by atoms with Crippen LogP contribution < -0.4 is 5.73 Å². The second kappa shape index (κ2) is 6.28. The number of hydrogen-bond donors (Lipinski definition) is 1. The van der Waals surface area contributed by atoms with Gasteiger partial charge in [-0.05, 0) is 44.2 Å². The summed E-state index contributed by atoms with van der Waals surface area (Å²) in [5.41, 5.74) is 7.29. The Hall–Kier alpha value is -1.56. The summed E-state index contributed by atoms with van der Waals surface area (Å²) in [6.07, 6.45) is 7.05. The fourth-order valence-corrected chi connectivity index (χ4v) is 3.55. The van der Waals surface area contributed by atoms with Crippen molar-refractivity contribution < 1.29 is 0 Å². The van der Waals surface area contributed by atoms with Crippen molar-refractivity contribution in [2.45, 2.75) is 37.8 Å². The molecule has 0 amide bonds. The normalized spacial score (nSPS) is 27.1. The van der Waals surface area contributed by atoms with Gasteiger partial charge in [-0.3, -0.25) is 14.6 Å². The second-order valence-corrected chi connectivity index (χ2v) is 6.79. The number of rotatable bonds is 4. The molecule has 122 valence electrons. The van der Waals surface area contributed by atoms with Crippen molar-refractivity contribution in [1.82, 2.24) is 19.6 Å². The van der Waals surface area contributed by atoms with Crippen molar-refractivity contribution in [3.8, 4) is 0 Å². The average molecular weight is 304 g/mol. The zero-order chi connectivity index (χ0) is 15.7. The first kappa shape index (κ1) is 15.3. The quantitative estimate of drug-likeness (QED) is 0.671. The summed E-state index contributed by atoms with van der Waals surface area (Å²) in [5, 5.41) is 4.39. The number of aromatic nitrogens is 2. The molecule has 1 saturated carbocycles. The minimum absolute atomic E-state index is 0.424. The molecule has 22 heavy (non-hydrogen) atoms. The number of guanidine groups is 1. The summed E-state index contributed by atoms with van der Waals surface area (Å²) in [4.78, 5) is 9.18. The lowest BCUT2D eigenvalue weighted by Crippen LogP contribution is -2.42. The molecule has 1 aromatic heterocycles. The minimum atomic E-state index is 0.424. The van der Waals surface area contributed by atoms with Crippen molar-refractivity contribution in [3.63, 3.8) is 0 Å². The molecule has 0 spiro atoms. The van der Waals surface area contributed by atoms with Gasteiger partial charge in [-0.25, -0.2) is 0 Å². The second-order valence-electron chi connectivity index (χ2n) is 6.79. The first-order valence-corrected chi connectivity index (χ1v) is 8.29. The molecule has 3 rings (SSSR count). The van der Waals surface area contributed by atoms with E-state index in [0.29, 0.717) is 17.9 Å². The smallest absolute Gasteiger partial charge is 0.190 e. The van der Waals surface area contributed by atoms with Crippen LogP contribution in [0.1, 0.15) is 37.4 Å². The Kier molecular flexibility index (Phi) is 4.38. The molecule has 2 atom stereocenters. The number of aliphatic imine (C=N–C) groups is 1. The first-order valence-electron chi connectivity index (χ1n) is 8.29. The highest BCUT2D eigenvalue weighted by Gasteiger charge is 2.41. The lowest BCUT2D eigenvalue weighted by molar-refractivity contribution is 0.0823. The summed E-state index contributed by atoms with van der Waals surface area (Å²) in [5.74, 6) is 1.13. The van der Waals surface area contributed by atoms with Crippen molar-refractivity contribution in [2.24, 2.45) is 23.7 Å². The average Bonchev–Trinajstić information content (AvgIpc) is 3.26. The Morgan fingerprint density at radius 2 is 2.18 bits per heavy atom. The van der Waals surface area contributed by atoms with E-state index >= 15 is 0 Å². The van der Waals surface area contributed by atoms with Gasteiger partial charge in [-0.15, -0.1) is 0 Å². The van der Waals surface area contributed by atoms with Gasteiger partial charge in [0, 0.05) is 39.9 Å². The Morgan fingerprint density at radius 1 is 1.41 bits per heavy atom. The molecule has 1 aromatic rings. The third kappa shape index (κ3) is 3.11. The van der Waals surface area contributed by atoms with Gasteiger partial charge in [0.25, 0.3) is 0 Å². The molecule has 2 fully saturated rings. The molecule has 1 aliphatic heterocycles. The van der Waals surface area contributed by atoms with E-state index in [0.717, 1.165) is 12.6 Å². The van der Waals surface area contributed by atoms with Crippen LogP contribution in [0.4, 0.5) is 0 Å². The third-order valence-corrected chi connectivity index (χ3v) is 4.92. The van der Waals surface area contributed by atoms with Crippen LogP contribution in [0.3, 0.4) is 0 Å². The number of nitrogens with two attached hydrogens (primary N) is 1. The number of hydrogen-bond acceptors (Lipinski definition) is 3. The molecule has 0 unspecified atom stereocenters. The van der Waals surface area contributed by atoms with E-state index in [-0.39, 0.29) is 0 Å². The van der Waals surface area contributed by atoms with Crippen molar-refractivity contribution >= 4 is 5.96 Å². The molecule has 2 heterocycles. The summed E-state index contributed by atoms with van der Waals surface area (Å²) >= 11 is 0. The highest BCUT2D eigenvalue weighted by atomic mass is 15.3. The van der Waals surface area contributed by atoms with Crippen LogP contribution in [0.5, 0.6) is 0 Å². The van der Waals surface area contributed by atoms with Crippen LogP contribution in [0, 0.1) is 5.92 Å². The lowest BCUT2D eigenvalue weighted by atomic mass is 9.86. The van der Waals surface area contributed by atoms with Crippen molar-refractivity contribution in [2.75, 3.05) is 27.2 Å². The van der Waals surface area contributed by atoms with E-state index in [9.17, 15) is 0 Å². The van der Waals surface area contributed by atoms with E-state index in [4.69, 9.17) is 5.73 Å². The number of nitrogens with zero attached hydrogens (tertiary/aromatic N) is 5. The number of piperidine rings is 1. The van der Waals surface area contributed by atoms with Crippen LogP contribution >= 0.6 is 0 Å². The van der Waals surface area contributed by atoms with Crippen LogP contribution in [-0.4, -0.2) is 58.8 Å². The van der Waals surface area contributed by atoms with E-state index in [1.54, 1.807) is 0 Å². The van der Waals surface area contributed by atoms with Gasteiger partial charge < -0.3 is 10.6 Å². The third-order valence-electron chi connectivity index (χ3n) is 4.92. The molecule has 1 aliphatic carbocycles. The zero-order valence-electron chi connectivity index (χ0n) is 13.9. The van der Waals surface area contributed by atoms with Gasteiger partial charge in [-0.2, -0.15) is 5.10 Å². The molecule has 0 bridgehead atoms. The van der Waals surface area contributed by atoms with E-state index < -0.39 is 0 Å². The standard InChI is InChI=1S/C16H28N6/c1-20(2)16(17)18-11-12-5-4-10-22(13-6-7-13)15(12)14-8-9-19-21(14)3/h8-9,12-13,15H,4-7,10-11H2,1-3H3,(H2,17,18)/t12-,15+/m0/s1. The van der Waals surface area contributed by atoms with Gasteiger partial charge in [0.1, 0.15) is 0 Å². The van der Waals surface area contributed by atoms with Crippen LogP contribution in [0.15, 0.2) is 17.3 Å². The number of likely N-dealkylation sites (tertiary alicyclic amines) is 1. The first-order chi connectivity index (χ1) is 10.6. The maximum atomic E-state index is 5.98. The van der Waals surface area contributed by atoms with Crippen molar-refractivity contribution in [1.29, 1.82) is 0 Å². The molecule has 6 nitrogen and oxygen atoms in total. The van der Waals surface area contributed by atoms with Gasteiger partial charge in [0.2, 0.25) is 0 Å². The fourth-order valence-electron chi connectivity index (χ4n) is 3.55. The minimum Gasteiger partial charge on any atom is -0.370 e. The monoisotopic (exact) mass is 304 g/mol. The summed E-state index contributed by atoms with van der Waals surface area (Å²) in [6.45, 7) is 1.99. The number of aryl methyl sites for hydroxylation is 1. The van der Waals surface area contributed by atoms with Crippen molar-refractivity contribution in [3.05, 3.63) is 18.0 Å². The highest BCUT2D eigenvalue weighted by molar-refractivity contribution is 5.77. The van der Waals surface area contributed by atoms with Gasteiger partial charge in [0.05, 0.1) is 11.7 Å². The van der Waals surface area contributed by atoms with E-state index in [1.807, 2.05) is 36.9 Å². The fraction of sp³-hybridized carbons (Fsp3) is 0.750. The molecule has 0 radical (unpaired) electrons. The Balaban J connectivity index is 1.82. The predicted octanol–water partition coefficient (Wildman–Crippen LogP) is 1.21. The molecule has 2 aliphatic rings. The zero-order valence-corrected chi connectivity index (χ0v) is 13.9. The maximum absolute atomic E-state index is 5.98. The SMILES string of the molecule is CN(C)C(N)=NC[C@@H]1CCCN(C2CC2)[C@H]1c1ccnn1C. The summed E-state index contributed by atoms with van der Waals surface area (Å²) in [6, 6.07) is 3.35. The molecular weight excluding hydrogens is 276 g/mol. The van der Waals surface area contributed by atoms with Gasteiger partial charge in [-0.1, -0.05) is 0 Å². The lowest BCUT2D eigenvalue weighted by Gasteiger charge is -2.41. The maximum Gasteiger partial charge on any atom is 0.190 e. The van der Waals surface area contributed by atoms with Crippen LogP contribution in [0.2, 0.25) is 0 Å².